The number of nitrogens with zero attached hydrogens (tertiary/aromatic N) is 2. The maximum Gasteiger partial charge on any atom is 0.250 e. The van der Waals surface area contributed by atoms with Crippen LogP contribution < -0.4 is 16.4 Å². The summed E-state index contributed by atoms with van der Waals surface area (Å²) in [6.07, 6.45) is 0. The minimum Gasteiger partial charge on any atom is -0.398 e. The molecule has 1 amide bonds. The Morgan fingerprint density at radius 1 is 1.42 bits per heavy atom. The highest BCUT2D eigenvalue weighted by atomic mass is 19.1. The van der Waals surface area contributed by atoms with Crippen LogP contribution in [0.15, 0.2) is 12.1 Å². The van der Waals surface area contributed by atoms with Gasteiger partial charge in [-0.25, -0.2) is 4.39 Å². The molecule has 0 aromatic heterocycles. The van der Waals surface area contributed by atoms with Crippen molar-refractivity contribution < 1.29 is 9.18 Å². The summed E-state index contributed by atoms with van der Waals surface area (Å²) in [5, 5.41) is 0. The van der Waals surface area contributed by atoms with Crippen LogP contribution in [0.3, 0.4) is 0 Å². The van der Waals surface area contributed by atoms with Crippen molar-refractivity contribution in [2.75, 3.05) is 37.3 Å². The van der Waals surface area contributed by atoms with Crippen molar-refractivity contribution in [3.05, 3.63) is 23.5 Å². The van der Waals surface area contributed by atoms with Crippen LogP contribution in [0.1, 0.15) is 17.3 Å². The molecule has 2 rings (SSSR count). The van der Waals surface area contributed by atoms with Crippen LogP contribution in [-0.2, 0) is 0 Å². The first-order valence-corrected chi connectivity index (χ1v) is 6.24. The number of likely N-dealkylation sites (N-methyl/N-ethyl adjacent to an activating group) is 1. The summed E-state index contributed by atoms with van der Waals surface area (Å²) in [5.41, 5.74) is 11.5. The van der Waals surface area contributed by atoms with Gasteiger partial charge in [-0.1, -0.05) is 0 Å². The van der Waals surface area contributed by atoms with E-state index in [2.05, 4.69) is 11.8 Å². The minimum atomic E-state index is -0.638. The Balaban J connectivity index is 2.34. The lowest BCUT2D eigenvalue weighted by Gasteiger charge is -2.39. The van der Waals surface area contributed by atoms with E-state index in [1.807, 2.05) is 11.9 Å². The van der Waals surface area contributed by atoms with Crippen LogP contribution in [0.25, 0.3) is 0 Å². The molecule has 1 aromatic rings. The van der Waals surface area contributed by atoms with Crippen LogP contribution in [-0.4, -0.2) is 43.5 Å². The topological polar surface area (TPSA) is 75.6 Å². The average molecular weight is 266 g/mol. The van der Waals surface area contributed by atoms with Crippen LogP contribution >= 0.6 is 0 Å². The number of primary amides is 1. The second-order valence-corrected chi connectivity index (χ2v) is 5.03. The number of hydrogen-bond acceptors (Lipinski definition) is 4. The quantitative estimate of drug-likeness (QED) is 0.771. The SMILES string of the molecule is CC1CN(c2cc(C(N)=O)c(N)cc2F)CCN1C. The molecule has 1 atom stereocenters. The third-order valence-electron chi connectivity index (χ3n) is 3.68. The average Bonchev–Trinajstić information content (AvgIpc) is 2.32. The molecule has 0 radical (unpaired) electrons. The number of halogens is 1. The molecule has 0 aliphatic carbocycles. The van der Waals surface area contributed by atoms with E-state index < -0.39 is 11.7 Å². The van der Waals surface area contributed by atoms with E-state index in [1.54, 1.807) is 0 Å². The number of rotatable bonds is 2. The standard InChI is InChI=1S/C13H19FN4O/c1-8-7-18(4-3-17(8)2)12-5-9(13(16)19)11(15)6-10(12)14/h5-6,8H,3-4,7,15H2,1-2H3,(H2,16,19). The number of amides is 1. The summed E-state index contributed by atoms with van der Waals surface area (Å²) in [5.74, 6) is -1.06. The van der Waals surface area contributed by atoms with Crippen molar-refractivity contribution in [1.82, 2.24) is 4.90 Å². The van der Waals surface area contributed by atoms with E-state index >= 15 is 0 Å². The van der Waals surface area contributed by atoms with Gasteiger partial charge in [0.25, 0.3) is 5.91 Å². The van der Waals surface area contributed by atoms with Gasteiger partial charge in [0.1, 0.15) is 5.82 Å². The monoisotopic (exact) mass is 266 g/mol. The van der Waals surface area contributed by atoms with Crippen molar-refractivity contribution in [2.24, 2.45) is 5.73 Å². The second-order valence-electron chi connectivity index (χ2n) is 5.03. The molecule has 0 bridgehead atoms. The van der Waals surface area contributed by atoms with Gasteiger partial charge in [0, 0.05) is 31.4 Å². The first-order chi connectivity index (χ1) is 8.90. The zero-order valence-electron chi connectivity index (χ0n) is 11.2. The van der Waals surface area contributed by atoms with E-state index in [0.29, 0.717) is 24.8 Å². The molecular weight excluding hydrogens is 247 g/mol. The molecule has 1 aliphatic heterocycles. The van der Waals surface area contributed by atoms with Crippen molar-refractivity contribution in [3.63, 3.8) is 0 Å². The number of nitrogen functional groups attached to an aromatic ring is 1. The van der Waals surface area contributed by atoms with Gasteiger partial charge >= 0.3 is 0 Å². The summed E-state index contributed by atoms with van der Waals surface area (Å²) in [6, 6.07) is 2.94. The summed E-state index contributed by atoms with van der Waals surface area (Å²) < 4.78 is 14.0. The largest absolute Gasteiger partial charge is 0.398 e. The predicted molar refractivity (Wildman–Crippen MR) is 73.6 cm³/mol. The van der Waals surface area contributed by atoms with Gasteiger partial charge in [0.15, 0.2) is 0 Å². The summed E-state index contributed by atoms with van der Waals surface area (Å²) >= 11 is 0. The van der Waals surface area contributed by atoms with Crippen LogP contribution in [0.2, 0.25) is 0 Å². The number of nitrogens with two attached hydrogens (primary N) is 2. The first kappa shape index (κ1) is 13.6. The van der Waals surface area contributed by atoms with E-state index in [0.717, 1.165) is 6.54 Å². The van der Waals surface area contributed by atoms with Gasteiger partial charge in [0.2, 0.25) is 0 Å². The van der Waals surface area contributed by atoms with Crippen molar-refractivity contribution in [3.8, 4) is 0 Å². The minimum absolute atomic E-state index is 0.0796. The van der Waals surface area contributed by atoms with Crippen molar-refractivity contribution in [2.45, 2.75) is 13.0 Å². The fourth-order valence-electron chi connectivity index (χ4n) is 2.30. The molecule has 19 heavy (non-hydrogen) atoms. The molecule has 1 heterocycles. The van der Waals surface area contributed by atoms with E-state index in [9.17, 15) is 9.18 Å². The Morgan fingerprint density at radius 2 is 2.11 bits per heavy atom. The number of carbonyl (C=O) groups excluding carboxylic acids is 1. The molecule has 1 unspecified atom stereocenters. The lowest BCUT2D eigenvalue weighted by atomic mass is 10.1. The smallest absolute Gasteiger partial charge is 0.250 e. The lowest BCUT2D eigenvalue weighted by Crippen LogP contribution is -2.50. The van der Waals surface area contributed by atoms with Gasteiger partial charge < -0.3 is 21.3 Å². The second kappa shape index (κ2) is 5.05. The van der Waals surface area contributed by atoms with Crippen LogP contribution in [0.5, 0.6) is 0 Å². The number of benzene rings is 1. The van der Waals surface area contributed by atoms with Gasteiger partial charge in [0.05, 0.1) is 11.3 Å². The maximum atomic E-state index is 14.0. The van der Waals surface area contributed by atoms with Crippen molar-refractivity contribution in [1.29, 1.82) is 0 Å². The Bertz CT molecular complexity index is 506. The van der Waals surface area contributed by atoms with Crippen LogP contribution in [0.4, 0.5) is 15.8 Å². The summed E-state index contributed by atoms with van der Waals surface area (Å²) in [4.78, 5) is 15.4. The van der Waals surface area contributed by atoms with Gasteiger partial charge in [-0.15, -0.1) is 0 Å². The van der Waals surface area contributed by atoms with E-state index in [1.165, 1.54) is 12.1 Å². The Labute approximate surface area is 112 Å². The Morgan fingerprint density at radius 3 is 2.68 bits per heavy atom. The van der Waals surface area contributed by atoms with E-state index in [4.69, 9.17) is 11.5 Å². The van der Waals surface area contributed by atoms with Gasteiger partial charge in [-0.3, -0.25) is 4.79 Å². The van der Waals surface area contributed by atoms with Gasteiger partial charge in [-0.2, -0.15) is 0 Å². The molecule has 1 fully saturated rings. The summed E-state index contributed by atoms with van der Waals surface area (Å²) in [6.45, 7) is 4.34. The highest BCUT2D eigenvalue weighted by Gasteiger charge is 2.24. The number of piperazine rings is 1. The zero-order valence-corrected chi connectivity index (χ0v) is 11.2. The van der Waals surface area contributed by atoms with Crippen molar-refractivity contribution >= 4 is 17.3 Å². The summed E-state index contributed by atoms with van der Waals surface area (Å²) in [7, 11) is 2.04. The highest BCUT2D eigenvalue weighted by molar-refractivity contribution is 5.99. The Hall–Kier alpha value is -1.82. The Kier molecular flexibility index (Phi) is 3.61. The predicted octanol–water partition coefficient (Wildman–Crippen LogP) is 0.647. The molecule has 0 saturated carbocycles. The molecule has 4 N–H and O–H groups in total. The fraction of sp³-hybridized carbons (Fsp3) is 0.462. The van der Waals surface area contributed by atoms with Crippen LogP contribution in [0, 0.1) is 5.82 Å². The molecule has 6 heteroatoms. The highest BCUT2D eigenvalue weighted by Crippen LogP contribution is 2.27. The first-order valence-electron chi connectivity index (χ1n) is 6.24. The number of hydrogen-bond donors (Lipinski definition) is 2. The maximum absolute atomic E-state index is 14.0. The molecule has 1 aliphatic rings. The molecule has 5 nitrogen and oxygen atoms in total. The normalized spacial score (nSPS) is 20.6. The molecule has 0 spiro atoms. The molecule has 1 aromatic carbocycles. The third-order valence-corrected chi connectivity index (χ3v) is 3.68. The fourth-order valence-corrected chi connectivity index (χ4v) is 2.30. The molecule has 104 valence electrons. The number of anilines is 2. The number of carbonyl (C=O) groups is 1. The molecule has 1 saturated heterocycles. The van der Waals surface area contributed by atoms with E-state index in [-0.39, 0.29) is 11.3 Å². The van der Waals surface area contributed by atoms with Gasteiger partial charge in [-0.05, 0) is 26.1 Å². The third kappa shape index (κ3) is 2.63. The lowest BCUT2D eigenvalue weighted by molar-refractivity contribution is 0.100. The molecular formula is C13H19FN4O. The zero-order chi connectivity index (χ0) is 14.2.